The summed E-state index contributed by atoms with van der Waals surface area (Å²) in [6.45, 7) is 25.9. The Morgan fingerprint density at radius 1 is 0.0930 bits per heavy atom. The number of hydrogen-bond acceptors (Lipinski definition) is 0. The van der Waals surface area contributed by atoms with Gasteiger partial charge in [-0.15, -0.1) is 114 Å². The first-order valence-corrected chi connectivity index (χ1v) is 32.3. The fourth-order valence-corrected chi connectivity index (χ4v) is 2.63. The van der Waals surface area contributed by atoms with Gasteiger partial charge in [-0.3, -0.25) is 0 Å². The molecule has 0 saturated carbocycles. The summed E-state index contributed by atoms with van der Waals surface area (Å²) in [6.07, 6.45) is 70.2. The third kappa shape index (κ3) is 311. The summed E-state index contributed by atoms with van der Waals surface area (Å²) in [5, 5.41) is 0. The first-order chi connectivity index (χ1) is 62.3. The van der Waals surface area contributed by atoms with Crippen molar-refractivity contribution in [2.45, 2.75) is 111 Å². The summed E-state index contributed by atoms with van der Waals surface area (Å²) in [5.41, 5.74) is 0. The van der Waals surface area contributed by atoms with E-state index < -0.39 is 0 Å². The van der Waals surface area contributed by atoms with Crippen molar-refractivity contribution in [3.8, 4) is 671 Å². The van der Waals surface area contributed by atoms with E-state index in [-0.39, 0.29) is 29.1 Å². The Balaban J connectivity index is -0.0000000705. The van der Waals surface area contributed by atoms with E-state index in [0.717, 1.165) is 0 Å². The van der Waals surface area contributed by atoms with Crippen molar-refractivity contribution in [1.29, 1.82) is 0 Å². The monoisotopic (exact) mass is 1650 g/mol. The predicted molar refractivity (Wildman–Crippen MR) is 543 cm³/mol. The third-order valence-electron chi connectivity index (χ3n) is 6.24. The van der Waals surface area contributed by atoms with Crippen molar-refractivity contribution >= 4 is 0 Å². The van der Waals surface area contributed by atoms with Crippen LogP contribution in [-0.4, -0.2) is 0 Å². The van der Waals surface area contributed by atoms with Gasteiger partial charge in [-0.1, -0.05) is 78.5 Å². The molecule has 0 atom stereocenters. The maximum atomic E-state index is 4.86. The second kappa shape index (κ2) is 207. The average molecular weight is 1650 g/mol. The van der Waals surface area contributed by atoms with Gasteiger partial charge in [0.25, 0.3) is 0 Å². The van der Waals surface area contributed by atoms with Gasteiger partial charge in [-0.25, -0.2) is 0 Å². The van der Waals surface area contributed by atoms with Gasteiger partial charge >= 0.3 is 0 Å². The van der Waals surface area contributed by atoms with Gasteiger partial charge in [-0.2, -0.15) is 0 Å². The maximum absolute atomic E-state index is 4.86. The molecular weight excluding hydrogens is 1590 g/mol. The predicted octanol–water partition coefficient (Wildman–Crippen LogP) is 10.4. The summed E-state index contributed by atoms with van der Waals surface area (Å²) in [7, 11) is 0. The molecule has 0 unspecified atom stereocenters. The van der Waals surface area contributed by atoms with Crippen molar-refractivity contribution in [1.82, 2.24) is 0 Å². The molecule has 129 heavy (non-hydrogen) atoms. The molecule has 0 aromatic carbocycles. The molecule has 0 rings (SSSR count). The van der Waals surface area contributed by atoms with E-state index in [1.807, 2.05) is 13.8 Å². The summed E-state index contributed by atoms with van der Waals surface area (Å²) in [5.74, 6) is 236. The van der Waals surface area contributed by atoms with Crippen LogP contribution in [0.15, 0.2) is 0 Å². The van der Waals surface area contributed by atoms with Crippen LogP contribution in [0.25, 0.3) is 0 Å². The van der Waals surface area contributed by atoms with E-state index in [2.05, 4.69) is 594 Å². The molecule has 0 aliphatic rings. The minimum Gasteiger partial charge on any atom is -0.124 e. The van der Waals surface area contributed by atoms with Gasteiger partial charge in [0, 0.05) is 21.7 Å². The van der Waals surface area contributed by atoms with E-state index in [4.69, 9.17) is 77.1 Å². The van der Waals surface area contributed by atoms with Crippen molar-refractivity contribution in [3.05, 3.63) is 0 Å². The van der Waals surface area contributed by atoms with E-state index in [0.29, 0.717) is 0 Å². The zero-order valence-electron chi connectivity index (χ0n) is 72.7. The molecule has 0 radical (unpaired) electrons. The summed E-state index contributed by atoms with van der Waals surface area (Å²) >= 11 is 0. The SMILES string of the molecule is C.C#C.C#CC.C#CC#CC.C#CC#CC#C.C#CC#CC#CC.C#CC#CC#CC#CC.C#CC#CC#CC#CC#C.C#CC#CC#CC#CC#CC.C#CC#CC#CC#CC#CC.C#CC#CC#CC#CC#CC#CC.C#CC#CC#CC#CC#CC#CC#C.CC#CC.CC#CC#CC#CC.CC#CC#CC#CC#CC#CC.CC#CC#CC#CC#CC#CC.[Ti]. The molecule has 0 heterocycles. The molecule has 0 spiro atoms. The quantitative estimate of drug-likeness (QED) is 0.168. The molecule has 0 fully saturated rings. The first kappa shape index (κ1) is 147. The fraction of sp³-hybridized carbons (Fsp3) is 0.125. The van der Waals surface area contributed by atoms with Crippen LogP contribution in [-0.2, 0) is 21.7 Å². The van der Waals surface area contributed by atoms with E-state index >= 15 is 0 Å². The van der Waals surface area contributed by atoms with Gasteiger partial charge < -0.3 is 0 Å². The Hall–Kier alpha value is -23.9. The van der Waals surface area contributed by atoms with Gasteiger partial charge in [0.1, 0.15) is 0 Å². The van der Waals surface area contributed by atoms with Crippen molar-refractivity contribution in [2.75, 3.05) is 0 Å². The Bertz CT molecular complexity index is 7000. The fourth-order valence-electron chi connectivity index (χ4n) is 2.63. The van der Waals surface area contributed by atoms with Gasteiger partial charge in [0.2, 0.25) is 0 Å². The van der Waals surface area contributed by atoms with E-state index in [9.17, 15) is 0 Å². The van der Waals surface area contributed by atoms with Gasteiger partial charge in [-0.05, 0) is 589 Å². The van der Waals surface area contributed by atoms with Crippen molar-refractivity contribution < 1.29 is 21.7 Å². The smallest absolute Gasteiger partial charge is 0 e. The summed E-state index contributed by atoms with van der Waals surface area (Å²) in [6, 6.07) is 0. The Morgan fingerprint density at radius 3 is 0.202 bits per heavy atom. The standard InChI is InChI=1S/C14H2.C13H4.2C12H6.2C11H4.C10H2.C9H4.C8H6.C7H4.C6H2.C5H4.C4H6.C3H4.C2H2.CH4.Ti/c1-3-5-7-9-11-13-14-12-10-8-6-4-2;1-3-5-7-9-11-13-12-10-8-6-4-2;2*1-3-5-7-9-11-12-10-8-6-4-2;2*1-3-5-7-9-11-10-8-6-4-2;1-3-5-7-9-10-8-6-4-2;1-3-5-7-9-8-6-4-2;1-3-5-7-8-6-4-2;1-3-5-7-6-4-2;1-3-5-6-4-2;1-3-5-4-2;1-3-4-2;1-3-2;1-2;;/h1-2H;1H,2H3;2*1-2H3;2*1H,2H3;1-2H;1H,2H3;1-2H3;1H,2H3;1-2H;1H,2H3;1-2H3;1H,2H3;1-2H;1H4;. The molecule has 580 valence electrons. The van der Waals surface area contributed by atoms with E-state index in [1.165, 1.54) is 0 Å². The van der Waals surface area contributed by atoms with Crippen molar-refractivity contribution in [2.24, 2.45) is 0 Å². The zero-order chi connectivity index (χ0) is 98.6. The topological polar surface area (TPSA) is 0 Å². The Kier molecular flexibility index (Phi) is 236. The molecule has 0 nitrogen and oxygen atoms in total. The molecule has 0 aliphatic heterocycles. The molecule has 0 aromatic heterocycles. The average Bonchev–Trinajstić information content (AvgIpc) is 1.23. The Morgan fingerprint density at radius 2 is 0.147 bits per heavy atom. The molecule has 0 aliphatic carbocycles. The van der Waals surface area contributed by atoms with E-state index in [1.54, 1.807) is 90.0 Å². The molecule has 0 N–H and O–H groups in total. The largest absolute Gasteiger partial charge is 0.124 e. The van der Waals surface area contributed by atoms with Crippen LogP contribution in [0.2, 0.25) is 0 Å². The molecule has 0 bridgehead atoms. The Labute approximate surface area is 797 Å². The zero-order valence-corrected chi connectivity index (χ0v) is 74.2. The third-order valence-corrected chi connectivity index (χ3v) is 6.24. The molecule has 0 aromatic rings. The van der Waals surface area contributed by atoms with Crippen LogP contribution in [0.1, 0.15) is 111 Å². The molecule has 1 heteroatoms. The van der Waals surface area contributed by atoms with Gasteiger partial charge in [0.15, 0.2) is 0 Å². The molecular formula is C128H64Ti. The molecule has 0 amide bonds. The second-order valence-corrected chi connectivity index (χ2v) is 14.3. The van der Waals surface area contributed by atoms with Crippen molar-refractivity contribution in [3.63, 3.8) is 0 Å². The minimum absolute atomic E-state index is 0. The number of terminal acetylenes is 14. The maximum Gasteiger partial charge on any atom is 0 e. The van der Waals surface area contributed by atoms with Crippen LogP contribution in [0.3, 0.4) is 0 Å². The van der Waals surface area contributed by atoms with Crippen LogP contribution >= 0.6 is 0 Å². The second-order valence-electron chi connectivity index (χ2n) is 14.3. The molecule has 0 saturated heterocycles. The van der Waals surface area contributed by atoms with Crippen LogP contribution in [0, 0.1) is 671 Å². The van der Waals surface area contributed by atoms with Gasteiger partial charge in [0.05, 0.1) is 0 Å². The van der Waals surface area contributed by atoms with Crippen LogP contribution in [0.5, 0.6) is 0 Å². The van der Waals surface area contributed by atoms with Crippen LogP contribution < -0.4 is 0 Å². The van der Waals surface area contributed by atoms with Crippen LogP contribution in [0.4, 0.5) is 0 Å². The normalized spacial score (nSPS) is 3.47. The summed E-state index contributed by atoms with van der Waals surface area (Å²) < 4.78 is 0. The first-order valence-electron chi connectivity index (χ1n) is 32.3. The number of hydrogen-bond donors (Lipinski definition) is 0. The number of rotatable bonds is 0. The summed E-state index contributed by atoms with van der Waals surface area (Å²) in [4.78, 5) is 0. The minimum atomic E-state index is 0.